The van der Waals surface area contributed by atoms with Gasteiger partial charge in [-0.05, 0) is 25.3 Å². The highest BCUT2D eigenvalue weighted by Crippen LogP contribution is 2.34. The molecule has 0 spiro atoms. The van der Waals surface area contributed by atoms with Gasteiger partial charge in [0.05, 0.1) is 6.61 Å². The van der Waals surface area contributed by atoms with Gasteiger partial charge in [-0.15, -0.1) is 0 Å². The van der Waals surface area contributed by atoms with E-state index in [0.29, 0.717) is 24.2 Å². The Morgan fingerprint density at radius 1 is 1.28 bits per heavy atom. The fourth-order valence-corrected chi connectivity index (χ4v) is 3.46. The second-order valence-electron chi connectivity index (χ2n) is 6.06. The van der Waals surface area contributed by atoms with Crippen LogP contribution in [-0.2, 0) is 24.2 Å². The molecule has 3 heterocycles. The topological polar surface area (TPSA) is 69.0 Å². The van der Waals surface area contributed by atoms with Crippen molar-refractivity contribution < 1.29 is 9.53 Å². The third-order valence-electron chi connectivity index (χ3n) is 4.52. The van der Waals surface area contributed by atoms with Gasteiger partial charge in [0.15, 0.2) is 5.82 Å². The highest BCUT2D eigenvalue weighted by molar-refractivity contribution is 6.06. The molecule has 25 heavy (non-hydrogen) atoms. The fourth-order valence-electron chi connectivity index (χ4n) is 3.46. The highest BCUT2D eigenvalue weighted by Gasteiger charge is 2.29. The Hall–Kier alpha value is -2.89. The third kappa shape index (κ3) is 2.73. The molecule has 0 unspecified atom stereocenters. The molecule has 0 aliphatic carbocycles. The van der Waals surface area contributed by atoms with Crippen LogP contribution in [0.1, 0.15) is 35.0 Å². The molecule has 0 bridgehead atoms. The predicted octanol–water partition coefficient (Wildman–Crippen LogP) is 3.17. The van der Waals surface area contributed by atoms with Crippen molar-refractivity contribution in [1.29, 1.82) is 0 Å². The number of benzene rings is 1. The number of nitrogens with zero attached hydrogens (tertiary/aromatic N) is 3. The molecule has 0 atom stereocenters. The van der Waals surface area contributed by atoms with Gasteiger partial charge in [-0.3, -0.25) is 0 Å². The molecule has 0 saturated carbocycles. The fraction of sp³-hybridized carbons (Fsp3) is 0.316. The van der Waals surface area contributed by atoms with Crippen LogP contribution in [0.4, 0.5) is 5.82 Å². The maximum absolute atomic E-state index is 12.5. The van der Waals surface area contributed by atoms with Crippen LogP contribution < -0.4 is 5.32 Å². The quantitative estimate of drug-likeness (QED) is 0.725. The molecule has 3 aromatic rings. The summed E-state index contributed by atoms with van der Waals surface area (Å²) in [5.74, 6) is 0.461. The molecule has 0 fully saturated rings. The molecule has 1 aliphatic rings. The molecule has 1 aromatic carbocycles. The highest BCUT2D eigenvalue weighted by atomic mass is 16.5. The van der Waals surface area contributed by atoms with Gasteiger partial charge in [0.2, 0.25) is 0 Å². The molecule has 6 heteroatoms. The van der Waals surface area contributed by atoms with Crippen molar-refractivity contribution in [3.63, 3.8) is 0 Å². The molecule has 1 aliphatic heterocycles. The third-order valence-corrected chi connectivity index (χ3v) is 4.52. The summed E-state index contributed by atoms with van der Waals surface area (Å²) in [5, 5.41) is 3.39. The minimum Gasteiger partial charge on any atom is -0.462 e. The monoisotopic (exact) mass is 336 g/mol. The normalized spacial score (nSPS) is 13.0. The molecule has 1 N–H and O–H groups in total. The second-order valence-corrected chi connectivity index (χ2v) is 6.06. The number of ether oxygens (including phenoxy) is 1. The zero-order chi connectivity index (χ0) is 17.2. The van der Waals surface area contributed by atoms with Crippen LogP contribution in [0.5, 0.6) is 0 Å². The van der Waals surface area contributed by atoms with Crippen LogP contribution in [0.25, 0.3) is 11.0 Å². The first kappa shape index (κ1) is 15.6. The number of anilines is 1. The standard InChI is InChI=1S/C19H20N4O2/c1-2-25-19(24)15-14-9-6-10-23(14)17-16(15)21-12-22-18(17)20-11-13-7-4-3-5-8-13/h3-5,7-8,12H,2,6,9-11H2,1H3,(H,20,21,22). The van der Waals surface area contributed by atoms with Crippen molar-refractivity contribution in [1.82, 2.24) is 14.5 Å². The van der Waals surface area contributed by atoms with Crippen molar-refractivity contribution in [3.8, 4) is 0 Å². The first-order valence-corrected chi connectivity index (χ1v) is 8.60. The Balaban J connectivity index is 1.76. The lowest BCUT2D eigenvalue weighted by molar-refractivity contribution is 0.0527. The maximum Gasteiger partial charge on any atom is 0.342 e. The Morgan fingerprint density at radius 3 is 2.92 bits per heavy atom. The van der Waals surface area contributed by atoms with E-state index in [0.717, 1.165) is 36.4 Å². The first-order chi connectivity index (χ1) is 12.3. The molecule has 0 amide bonds. The average molecular weight is 336 g/mol. The van der Waals surface area contributed by atoms with E-state index in [1.54, 1.807) is 0 Å². The van der Waals surface area contributed by atoms with Crippen LogP contribution >= 0.6 is 0 Å². The van der Waals surface area contributed by atoms with Crippen LogP contribution in [0.3, 0.4) is 0 Å². The molecule has 4 rings (SSSR count). The number of esters is 1. The summed E-state index contributed by atoms with van der Waals surface area (Å²) in [5.41, 5.74) is 4.36. The lowest BCUT2D eigenvalue weighted by atomic mass is 10.1. The zero-order valence-corrected chi connectivity index (χ0v) is 14.2. The lowest BCUT2D eigenvalue weighted by Crippen LogP contribution is -2.07. The van der Waals surface area contributed by atoms with Crippen molar-refractivity contribution >= 4 is 22.8 Å². The number of nitrogens with one attached hydrogen (secondary N) is 1. The van der Waals surface area contributed by atoms with Crippen molar-refractivity contribution in [2.45, 2.75) is 32.9 Å². The van der Waals surface area contributed by atoms with E-state index in [-0.39, 0.29) is 5.97 Å². The Labute approximate surface area is 145 Å². The lowest BCUT2D eigenvalue weighted by Gasteiger charge is -2.09. The first-order valence-electron chi connectivity index (χ1n) is 8.60. The van der Waals surface area contributed by atoms with Crippen LogP contribution in [0, 0.1) is 0 Å². The number of hydrogen-bond acceptors (Lipinski definition) is 5. The van der Waals surface area contributed by atoms with E-state index >= 15 is 0 Å². The van der Waals surface area contributed by atoms with Gasteiger partial charge in [-0.25, -0.2) is 14.8 Å². The van der Waals surface area contributed by atoms with Gasteiger partial charge in [0.25, 0.3) is 0 Å². The summed E-state index contributed by atoms with van der Waals surface area (Å²) in [6.45, 7) is 3.72. The minimum atomic E-state index is -0.296. The molecular weight excluding hydrogens is 316 g/mol. The van der Waals surface area contributed by atoms with Gasteiger partial charge < -0.3 is 14.6 Å². The zero-order valence-electron chi connectivity index (χ0n) is 14.2. The summed E-state index contributed by atoms with van der Waals surface area (Å²) >= 11 is 0. The van der Waals surface area contributed by atoms with Gasteiger partial charge in [0.1, 0.15) is 22.9 Å². The maximum atomic E-state index is 12.5. The Morgan fingerprint density at radius 2 is 2.12 bits per heavy atom. The predicted molar refractivity (Wildman–Crippen MR) is 95.6 cm³/mol. The SMILES string of the molecule is CCOC(=O)c1c2n(c3c(NCc4ccccc4)ncnc13)CCC2. The van der Waals surface area contributed by atoms with Crippen LogP contribution in [0.2, 0.25) is 0 Å². The molecular formula is C19H20N4O2. The Kier molecular flexibility index (Phi) is 4.09. The number of carbonyl (C=O) groups excluding carboxylic acids is 1. The van der Waals surface area contributed by atoms with E-state index in [9.17, 15) is 4.79 Å². The van der Waals surface area contributed by atoms with Gasteiger partial charge in [0, 0.05) is 18.8 Å². The number of aromatic nitrogens is 3. The smallest absolute Gasteiger partial charge is 0.342 e. The number of aryl methyl sites for hydroxylation is 1. The summed E-state index contributed by atoms with van der Waals surface area (Å²) in [6, 6.07) is 10.2. The Bertz CT molecular complexity index is 918. The number of hydrogen-bond donors (Lipinski definition) is 1. The number of rotatable bonds is 5. The van der Waals surface area contributed by atoms with E-state index in [4.69, 9.17) is 4.74 Å². The molecule has 2 aromatic heterocycles. The molecule has 0 saturated heterocycles. The van der Waals surface area contributed by atoms with Gasteiger partial charge in [-0.2, -0.15) is 0 Å². The molecule has 6 nitrogen and oxygen atoms in total. The van der Waals surface area contributed by atoms with Crippen molar-refractivity contribution in [2.75, 3.05) is 11.9 Å². The van der Waals surface area contributed by atoms with Gasteiger partial charge >= 0.3 is 5.97 Å². The summed E-state index contributed by atoms with van der Waals surface area (Å²) in [4.78, 5) is 21.3. The minimum absolute atomic E-state index is 0.296. The van der Waals surface area contributed by atoms with Crippen molar-refractivity contribution in [3.05, 3.63) is 53.5 Å². The van der Waals surface area contributed by atoms with Crippen LogP contribution in [-0.4, -0.2) is 27.1 Å². The second kappa shape index (κ2) is 6.55. The molecule has 128 valence electrons. The van der Waals surface area contributed by atoms with Gasteiger partial charge in [-0.1, -0.05) is 30.3 Å². The number of carbonyl (C=O) groups is 1. The number of fused-ring (bicyclic) bond motifs is 3. The van der Waals surface area contributed by atoms with E-state index in [1.807, 2.05) is 25.1 Å². The van der Waals surface area contributed by atoms with Crippen molar-refractivity contribution in [2.24, 2.45) is 0 Å². The van der Waals surface area contributed by atoms with E-state index in [2.05, 4.69) is 32.0 Å². The summed E-state index contributed by atoms with van der Waals surface area (Å²) < 4.78 is 7.42. The molecule has 0 radical (unpaired) electrons. The summed E-state index contributed by atoms with van der Waals surface area (Å²) in [6.07, 6.45) is 3.39. The largest absolute Gasteiger partial charge is 0.462 e. The van der Waals surface area contributed by atoms with E-state index < -0.39 is 0 Å². The summed E-state index contributed by atoms with van der Waals surface area (Å²) in [7, 11) is 0. The van der Waals surface area contributed by atoms with Crippen LogP contribution in [0.15, 0.2) is 36.7 Å². The average Bonchev–Trinajstić information content (AvgIpc) is 3.21. The van der Waals surface area contributed by atoms with E-state index in [1.165, 1.54) is 11.9 Å².